The Kier molecular flexibility index (Phi) is 4.55. The number of aromatic nitrogens is 2. The summed E-state index contributed by atoms with van der Waals surface area (Å²) in [5, 5.41) is 17.0. The highest BCUT2D eigenvalue weighted by molar-refractivity contribution is 5.76. The van der Waals surface area contributed by atoms with Gasteiger partial charge in [-0.2, -0.15) is 5.10 Å². The molecule has 1 aromatic carbocycles. The molecule has 0 spiro atoms. The summed E-state index contributed by atoms with van der Waals surface area (Å²) in [6.07, 6.45) is 5.90. The van der Waals surface area contributed by atoms with E-state index in [9.17, 15) is 9.90 Å². The molecule has 2 N–H and O–H groups in total. The van der Waals surface area contributed by atoms with Gasteiger partial charge >= 0.3 is 0 Å². The SMILES string of the molecule is Cn1cc(C(NC(=O)CCc2ccc3c(c2)OCO3)C2CC(O)C2)cn1. The molecule has 2 aliphatic rings. The number of carbonyl (C=O) groups is 1. The topological polar surface area (TPSA) is 85.6 Å². The summed E-state index contributed by atoms with van der Waals surface area (Å²) >= 11 is 0. The number of fused-ring (bicyclic) bond motifs is 1. The summed E-state index contributed by atoms with van der Waals surface area (Å²) in [5.41, 5.74) is 2.03. The van der Waals surface area contributed by atoms with Gasteiger partial charge in [0.25, 0.3) is 0 Å². The van der Waals surface area contributed by atoms with Gasteiger partial charge in [0, 0.05) is 25.2 Å². The fourth-order valence-corrected chi connectivity index (χ4v) is 3.58. The Bertz CT molecular complexity index is 798. The first-order chi connectivity index (χ1) is 12.6. The van der Waals surface area contributed by atoms with Gasteiger partial charge in [0.2, 0.25) is 12.7 Å². The monoisotopic (exact) mass is 357 g/mol. The largest absolute Gasteiger partial charge is 0.454 e. The highest BCUT2D eigenvalue weighted by Gasteiger charge is 2.36. The predicted molar refractivity (Wildman–Crippen MR) is 93.7 cm³/mol. The number of hydrogen-bond donors (Lipinski definition) is 2. The zero-order valence-electron chi connectivity index (χ0n) is 14.7. The molecular formula is C19H23N3O4. The van der Waals surface area contributed by atoms with Gasteiger partial charge in [0.15, 0.2) is 11.5 Å². The van der Waals surface area contributed by atoms with Crippen LogP contribution in [0.15, 0.2) is 30.6 Å². The first kappa shape index (κ1) is 16.9. The van der Waals surface area contributed by atoms with Crippen LogP contribution in [0.25, 0.3) is 0 Å². The molecule has 26 heavy (non-hydrogen) atoms. The summed E-state index contributed by atoms with van der Waals surface area (Å²) in [5.74, 6) is 1.74. The quantitative estimate of drug-likeness (QED) is 0.822. The normalized spacial score (nSPS) is 21.9. The van der Waals surface area contributed by atoms with Gasteiger partial charge < -0.3 is 19.9 Å². The van der Waals surface area contributed by atoms with E-state index in [1.54, 1.807) is 10.9 Å². The zero-order valence-corrected chi connectivity index (χ0v) is 14.7. The second-order valence-electron chi connectivity index (χ2n) is 7.07. The van der Waals surface area contributed by atoms with Crippen molar-refractivity contribution in [1.29, 1.82) is 0 Å². The lowest BCUT2D eigenvalue weighted by atomic mass is 9.75. The molecule has 2 aromatic rings. The number of amides is 1. The second kappa shape index (κ2) is 6.99. The van der Waals surface area contributed by atoms with Crippen LogP contribution in [0.4, 0.5) is 0 Å². The van der Waals surface area contributed by atoms with E-state index in [1.165, 1.54) is 0 Å². The summed E-state index contributed by atoms with van der Waals surface area (Å²) in [6, 6.07) is 5.67. The van der Waals surface area contributed by atoms with Gasteiger partial charge in [-0.1, -0.05) is 6.07 Å². The van der Waals surface area contributed by atoms with E-state index in [4.69, 9.17) is 9.47 Å². The van der Waals surface area contributed by atoms with Gasteiger partial charge in [0.1, 0.15) is 0 Å². The second-order valence-corrected chi connectivity index (χ2v) is 7.07. The number of aliphatic hydroxyl groups excluding tert-OH is 1. The predicted octanol–water partition coefficient (Wildman–Crippen LogP) is 1.71. The van der Waals surface area contributed by atoms with Gasteiger partial charge in [0.05, 0.1) is 18.3 Å². The third-order valence-electron chi connectivity index (χ3n) is 5.10. The molecule has 1 aromatic heterocycles. The Labute approximate surface area is 151 Å². The average molecular weight is 357 g/mol. The first-order valence-corrected chi connectivity index (χ1v) is 8.93. The van der Waals surface area contributed by atoms with Crippen LogP contribution in [0, 0.1) is 5.92 Å². The summed E-state index contributed by atoms with van der Waals surface area (Å²) < 4.78 is 12.4. The van der Waals surface area contributed by atoms with E-state index in [0.29, 0.717) is 25.7 Å². The standard InChI is InChI=1S/C19H23N3O4/c1-22-10-14(9-20-22)19(13-7-15(23)8-13)21-18(24)5-3-12-2-4-16-17(6-12)26-11-25-16/h2,4,6,9-10,13,15,19,23H,3,5,7-8,11H2,1H3,(H,21,24). The molecule has 1 fully saturated rings. The molecule has 7 heteroatoms. The Morgan fingerprint density at radius 3 is 2.92 bits per heavy atom. The molecule has 7 nitrogen and oxygen atoms in total. The van der Waals surface area contributed by atoms with Crippen LogP contribution < -0.4 is 14.8 Å². The molecule has 4 rings (SSSR count). The number of hydrogen-bond acceptors (Lipinski definition) is 5. The molecular weight excluding hydrogens is 334 g/mol. The summed E-state index contributed by atoms with van der Waals surface area (Å²) in [6.45, 7) is 0.249. The fraction of sp³-hybridized carbons (Fsp3) is 0.474. The van der Waals surface area contributed by atoms with E-state index in [1.807, 2.05) is 31.4 Å². The van der Waals surface area contributed by atoms with Crippen molar-refractivity contribution in [2.45, 2.75) is 37.8 Å². The lowest BCUT2D eigenvalue weighted by Crippen LogP contribution is -2.41. The number of nitrogens with one attached hydrogen (secondary N) is 1. The number of aryl methyl sites for hydroxylation is 2. The minimum Gasteiger partial charge on any atom is -0.454 e. The Balaban J connectivity index is 1.37. The van der Waals surface area contributed by atoms with E-state index >= 15 is 0 Å². The first-order valence-electron chi connectivity index (χ1n) is 8.93. The van der Waals surface area contributed by atoms with Crippen LogP contribution >= 0.6 is 0 Å². The van der Waals surface area contributed by atoms with Crippen LogP contribution in [0.3, 0.4) is 0 Å². The van der Waals surface area contributed by atoms with E-state index in [-0.39, 0.29) is 30.8 Å². The minimum atomic E-state index is -0.260. The van der Waals surface area contributed by atoms with Gasteiger partial charge in [-0.3, -0.25) is 9.48 Å². The van der Waals surface area contributed by atoms with Gasteiger partial charge in [-0.15, -0.1) is 0 Å². The molecule has 1 amide bonds. The number of carbonyl (C=O) groups excluding carboxylic acids is 1. The van der Waals surface area contributed by atoms with E-state index in [0.717, 1.165) is 22.6 Å². The van der Waals surface area contributed by atoms with Crippen LogP contribution in [-0.4, -0.2) is 33.7 Å². The molecule has 1 aliphatic heterocycles. The third-order valence-corrected chi connectivity index (χ3v) is 5.10. The van der Waals surface area contributed by atoms with Crippen molar-refractivity contribution < 1.29 is 19.4 Å². The van der Waals surface area contributed by atoms with E-state index < -0.39 is 0 Å². The number of rotatable bonds is 6. The molecule has 2 heterocycles. The minimum absolute atomic E-state index is 0.00194. The number of aliphatic hydroxyl groups is 1. The highest BCUT2D eigenvalue weighted by atomic mass is 16.7. The maximum atomic E-state index is 12.5. The molecule has 0 bridgehead atoms. The Hall–Kier alpha value is -2.54. The third kappa shape index (κ3) is 3.53. The fourth-order valence-electron chi connectivity index (χ4n) is 3.58. The van der Waals surface area contributed by atoms with Crippen molar-refractivity contribution in [3.8, 4) is 11.5 Å². The Morgan fingerprint density at radius 1 is 1.38 bits per heavy atom. The zero-order chi connectivity index (χ0) is 18.1. The maximum absolute atomic E-state index is 12.5. The van der Waals surface area contributed by atoms with Crippen LogP contribution in [-0.2, 0) is 18.3 Å². The van der Waals surface area contributed by atoms with Crippen molar-refractivity contribution in [1.82, 2.24) is 15.1 Å². The Morgan fingerprint density at radius 2 is 2.19 bits per heavy atom. The van der Waals surface area contributed by atoms with Crippen molar-refractivity contribution in [3.63, 3.8) is 0 Å². The van der Waals surface area contributed by atoms with Crippen LogP contribution in [0.1, 0.15) is 36.4 Å². The van der Waals surface area contributed by atoms with Crippen molar-refractivity contribution in [3.05, 3.63) is 41.7 Å². The highest BCUT2D eigenvalue weighted by Crippen LogP contribution is 2.38. The van der Waals surface area contributed by atoms with Crippen molar-refractivity contribution in [2.24, 2.45) is 13.0 Å². The average Bonchev–Trinajstić information content (AvgIpc) is 3.23. The number of nitrogens with zero attached hydrogens (tertiary/aromatic N) is 2. The molecule has 138 valence electrons. The van der Waals surface area contributed by atoms with Crippen molar-refractivity contribution in [2.75, 3.05) is 6.79 Å². The van der Waals surface area contributed by atoms with Gasteiger partial charge in [-0.25, -0.2) is 0 Å². The molecule has 1 unspecified atom stereocenters. The molecule has 0 saturated heterocycles. The molecule has 1 atom stereocenters. The summed E-state index contributed by atoms with van der Waals surface area (Å²) in [4.78, 5) is 12.5. The molecule has 1 aliphatic carbocycles. The molecule has 0 radical (unpaired) electrons. The maximum Gasteiger partial charge on any atom is 0.231 e. The van der Waals surface area contributed by atoms with Gasteiger partial charge in [-0.05, 0) is 42.9 Å². The smallest absolute Gasteiger partial charge is 0.231 e. The van der Waals surface area contributed by atoms with E-state index in [2.05, 4.69) is 10.4 Å². The van der Waals surface area contributed by atoms with Crippen molar-refractivity contribution >= 4 is 5.91 Å². The summed E-state index contributed by atoms with van der Waals surface area (Å²) in [7, 11) is 1.86. The molecule has 1 saturated carbocycles. The number of ether oxygens (including phenoxy) is 2. The lowest BCUT2D eigenvalue weighted by Gasteiger charge is -2.37. The van der Waals surface area contributed by atoms with Crippen LogP contribution in [0.2, 0.25) is 0 Å². The lowest BCUT2D eigenvalue weighted by molar-refractivity contribution is -0.123. The number of benzene rings is 1. The van der Waals surface area contributed by atoms with Crippen LogP contribution in [0.5, 0.6) is 11.5 Å².